The number of anilines is 1. The van der Waals surface area contributed by atoms with Crippen molar-refractivity contribution in [2.24, 2.45) is 23.7 Å². The summed E-state index contributed by atoms with van der Waals surface area (Å²) >= 11 is 0. The highest BCUT2D eigenvalue weighted by Crippen LogP contribution is 2.44. The molecule has 2 amide bonds. The number of carbonyl (C=O) groups excluding carboxylic acids is 6. The molecule has 2 N–H and O–H groups in total. The number of hydrogen-bond acceptors (Lipinski definition) is 15. The second-order valence-corrected chi connectivity index (χ2v) is 16.8. The van der Waals surface area contributed by atoms with E-state index in [4.69, 9.17) is 33.2 Å². The largest absolute Gasteiger partial charge is 0.514 e. The Morgan fingerprint density at radius 2 is 1.48 bits per heavy atom. The zero-order valence-corrected chi connectivity index (χ0v) is 38.0. The van der Waals surface area contributed by atoms with Gasteiger partial charge in [0.2, 0.25) is 12.2 Å². The normalized spacial score (nSPS) is 19.4. The van der Waals surface area contributed by atoms with Gasteiger partial charge in [-0.2, -0.15) is 0 Å². The van der Waals surface area contributed by atoms with E-state index < -0.39 is 83.1 Å². The first kappa shape index (κ1) is 49.1. The van der Waals surface area contributed by atoms with Crippen LogP contribution >= 0.6 is 0 Å². The molecular weight excluding hydrogens is 871 g/mol. The van der Waals surface area contributed by atoms with Gasteiger partial charge < -0.3 is 43.8 Å². The minimum absolute atomic E-state index is 0.00258. The molecule has 0 saturated carbocycles. The number of ether oxygens (including phenoxy) is 7. The van der Waals surface area contributed by atoms with Crippen LogP contribution in [0.1, 0.15) is 70.6 Å². The van der Waals surface area contributed by atoms with Gasteiger partial charge in [-0.05, 0) is 58.0 Å². The number of rotatable bonds is 17. The number of nitrogens with zero attached hydrogens (tertiary/aromatic N) is 1. The molecule has 1 saturated heterocycles. The molecule has 1 aliphatic heterocycles. The van der Waals surface area contributed by atoms with E-state index in [0.717, 1.165) is 41.5 Å². The van der Waals surface area contributed by atoms with Crippen molar-refractivity contribution >= 4 is 47.3 Å². The van der Waals surface area contributed by atoms with Gasteiger partial charge >= 0.3 is 24.2 Å². The molecule has 1 heterocycles. The fourth-order valence-electron chi connectivity index (χ4n) is 8.02. The summed E-state index contributed by atoms with van der Waals surface area (Å²) in [6, 6.07) is 24.2. The average molecular weight is 924 g/mol. The number of nitrogens with one attached hydrogen (secondary N) is 2. The van der Waals surface area contributed by atoms with E-state index in [0.29, 0.717) is 5.56 Å². The predicted octanol–water partition coefficient (Wildman–Crippen LogP) is 7.89. The summed E-state index contributed by atoms with van der Waals surface area (Å²) in [7, 11) is 1.16. The van der Waals surface area contributed by atoms with Crippen molar-refractivity contribution < 1.29 is 66.8 Å². The minimum Gasteiger partial charge on any atom is -0.467 e. The maximum absolute atomic E-state index is 13.8. The number of benzene rings is 4. The number of hydrogen-bond donors (Lipinski definition) is 2. The molecule has 0 aromatic heterocycles. The first-order valence-electron chi connectivity index (χ1n) is 21.7. The molecule has 18 heteroatoms. The Kier molecular flexibility index (Phi) is 16.0. The van der Waals surface area contributed by atoms with Gasteiger partial charge in [-0.1, -0.05) is 89.2 Å². The Balaban J connectivity index is 1.14. The predicted molar refractivity (Wildman–Crippen MR) is 240 cm³/mol. The number of methoxy groups -OCH3 is 1. The van der Waals surface area contributed by atoms with Crippen LogP contribution < -0.4 is 20.1 Å². The number of alkyl carbamates (subject to hydrolysis) is 1. The van der Waals surface area contributed by atoms with Gasteiger partial charge in [0.05, 0.1) is 23.8 Å². The number of Topliss-reactive ketones (excluding diaryl/α,β-unsaturated/α-hetero) is 1. The van der Waals surface area contributed by atoms with E-state index in [9.17, 15) is 38.9 Å². The molecular formula is C49H53N3O15. The first-order valence-corrected chi connectivity index (χ1v) is 21.7. The molecule has 0 bridgehead atoms. The van der Waals surface area contributed by atoms with Gasteiger partial charge in [0, 0.05) is 49.1 Å². The highest BCUT2D eigenvalue weighted by molar-refractivity contribution is 5.98. The zero-order chi connectivity index (χ0) is 48.5. The SMILES string of the molecule is COC(=O)[C@H]1O[C@@H](Oc2cc(COC(=O)Oc3ccc([N+](=O)[O-])cc3)ccc2NC(=O)[C@H](C)CC(=O)[C@@H](NC(=O)OCC2c3ccccc3-c3ccccc32)C(C)C)[C@H](C)[C@@H](C)[C@@H]1OC(C)=O. The summed E-state index contributed by atoms with van der Waals surface area (Å²) in [6.07, 6.45) is -5.68. The highest BCUT2D eigenvalue weighted by atomic mass is 16.7. The fourth-order valence-corrected chi connectivity index (χ4v) is 8.02. The van der Waals surface area contributed by atoms with Crippen molar-refractivity contribution in [2.45, 2.75) is 85.0 Å². The van der Waals surface area contributed by atoms with Crippen molar-refractivity contribution in [3.8, 4) is 22.6 Å². The van der Waals surface area contributed by atoms with Crippen molar-refractivity contribution in [3.63, 3.8) is 0 Å². The lowest BCUT2D eigenvalue weighted by atomic mass is 9.84. The Hall–Kier alpha value is -7.34. The molecule has 7 atom stereocenters. The van der Waals surface area contributed by atoms with E-state index in [2.05, 4.69) is 10.6 Å². The number of fused-ring (bicyclic) bond motifs is 3. The van der Waals surface area contributed by atoms with Crippen LogP contribution in [-0.4, -0.2) is 79.1 Å². The third-order valence-corrected chi connectivity index (χ3v) is 11.8. The van der Waals surface area contributed by atoms with Crippen molar-refractivity contribution in [3.05, 3.63) is 118 Å². The van der Waals surface area contributed by atoms with Gasteiger partial charge in [0.15, 0.2) is 11.9 Å². The van der Waals surface area contributed by atoms with Crippen molar-refractivity contribution in [1.82, 2.24) is 5.32 Å². The van der Waals surface area contributed by atoms with Crippen molar-refractivity contribution in [2.75, 3.05) is 19.0 Å². The Labute approximate surface area is 386 Å². The molecule has 2 aliphatic rings. The standard InChI is InChI=1S/C49H53N3O15/c1-26(2)42(51-48(57)62-25-38-36-14-10-8-12-34(36)35-13-9-11-15-37(35)38)40(54)22-27(3)45(55)50-39-21-16-31(24-63-49(58)65-33-19-17-32(18-20-33)52(59)60)23-41(39)66-47-29(5)28(4)43(64-30(6)53)44(67-47)46(56)61-7/h8-21,23,26-29,38,42-44,47H,22,24-25H2,1-7H3,(H,50,55)(H,51,57)/t27-,28-,29-,42+,43+,44+,47-/m1/s1. The number of nitro benzene ring substituents is 1. The summed E-state index contributed by atoms with van der Waals surface area (Å²) in [5, 5.41) is 16.5. The molecule has 1 aliphatic carbocycles. The third kappa shape index (κ3) is 11.9. The Morgan fingerprint density at radius 1 is 0.836 bits per heavy atom. The number of carbonyl (C=O) groups is 6. The molecule has 6 rings (SSSR count). The van der Waals surface area contributed by atoms with E-state index >= 15 is 0 Å². The van der Waals surface area contributed by atoms with Crippen LogP contribution in [0.4, 0.5) is 21.0 Å². The molecule has 0 unspecified atom stereocenters. The van der Waals surface area contributed by atoms with Gasteiger partial charge in [0.1, 0.15) is 30.8 Å². The van der Waals surface area contributed by atoms with Crippen molar-refractivity contribution in [1.29, 1.82) is 0 Å². The average Bonchev–Trinajstić information content (AvgIpc) is 3.62. The minimum atomic E-state index is -1.37. The summed E-state index contributed by atoms with van der Waals surface area (Å²) in [6.45, 7) is 9.52. The number of amides is 2. The van der Waals surface area contributed by atoms with E-state index in [1.807, 2.05) is 48.5 Å². The lowest BCUT2D eigenvalue weighted by molar-refractivity contribution is -0.384. The van der Waals surface area contributed by atoms with Crippen LogP contribution in [0.15, 0.2) is 91.0 Å². The van der Waals surface area contributed by atoms with Gasteiger partial charge in [0.25, 0.3) is 5.69 Å². The summed E-state index contributed by atoms with van der Waals surface area (Å²) < 4.78 is 39.0. The van der Waals surface area contributed by atoms with Crippen LogP contribution in [0.2, 0.25) is 0 Å². The maximum atomic E-state index is 13.8. The fraction of sp³-hybridized carbons (Fsp3) is 0.388. The number of nitro groups is 1. The van der Waals surface area contributed by atoms with Crippen LogP contribution in [-0.2, 0) is 49.5 Å². The number of ketones is 1. The van der Waals surface area contributed by atoms with Crippen LogP contribution in [0.5, 0.6) is 11.5 Å². The summed E-state index contributed by atoms with van der Waals surface area (Å²) in [4.78, 5) is 88.7. The van der Waals surface area contributed by atoms with Gasteiger partial charge in [-0.25, -0.2) is 14.4 Å². The molecule has 1 fully saturated rings. The monoisotopic (exact) mass is 923 g/mol. The lowest BCUT2D eigenvalue weighted by Gasteiger charge is -2.42. The second-order valence-electron chi connectivity index (χ2n) is 16.8. The summed E-state index contributed by atoms with van der Waals surface area (Å²) in [5.74, 6) is -4.85. The van der Waals surface area contributed by atoms with Crippen LogP contribution in [0, 0.1) is 33.8 Å². The van der Waals surface area contributed by atoms with Gasteiger partial charge in [-0.3, -0.25) is 24.5 Å². The molecule has 0 radical (unpaired) electrons. The van der Waals surface area contributed by atoms with Crippen LogP contribution in [0.25, 0.3) is 11.1 Å². The molecule has 4 aromatic rings. The third-order valence-electron chi connectivity index (χ3n) is 11.8. The smallest absolute Gasteiger partial charge is 0.467 e. The second kappa shape index (κ2) is 21.8. The van der Waals surface area contributed by atoms with E-state index in [1.165, 1.54) is 37.3 Å². The zero-order valence-electron chi connectivity index (χ0n) is 38.0. The Morgan fingerprint density at radius 3 is 2.07 bits per heavy atom. The lowest BCUT2D eigenvalue weighted by Crippen LogP contribution is -2.55. The van der Waals surface area contributed by atoms with Gasteiger partial charge in [-0.15, -0.1) is 0 Å². The van der Waals surface area contributed by atoms with E-state index in [-0.39, 0.29) is 54.3 Å². The highest BCUT2D eigenvalue weighted by Gasteiger charge is 2.48. The quantitative estimate of drug-likeness (QED) is 0.0337. The molecule has 67 heavy (non-hydrogen) atoms. The first-order chi connectivity index (χ1) is 31.9. The van der Waals surface area contributed by atoms with Crippen LogP contribution in [0.3, 0.4) is 0 Å². The number of esters is 2. The molecule has 0 spiro atoms. The molecule has 18 nitrogen and oxygen atoms in total. The molecule has 4 aromatic carbocycles. The van der Waals surface area contributed by atoms with E-state index in [1.54, 1.807) is 34.6 Å². The Bertz CT molecular complexity index is 2450. The summed E-state index contributed by atoms with van der Waals surface area (Å²) in [5.41, 5.74) is 4.51. The number of non-ortho nitro benzene ring substituents is 1. The maximum Gasteiger partial charge on any atom is 0.514 e. The molecule has 354 valence electrons. The topological polar surface area (TPSA) is 234 Å².